The van der Waals surface area contributed by atoms with Crippen molar-refractivity contribution in [1.82, 2.24) is 0 Å². The molecule has 0 fully saturated rings. The Morgan fingerprint density at radius 2 is 1.90 bits per heavy atom. The van der Waals surface area contributed by atoms with E-state index in [-0.39, 0.29) is 0 Å². The third-order valence-electron chi connectivity index (χ3n) is 3.35. The van der Waals surface area contributed by atoms with Crippen molar-refractivity contribution in [3.8, 4) is 5.75 Å². The topological polar surface area (TPSA) is 21.3 Å². The van der Waals surface area contributed by atoms with E-state index in [4.69, 9.17) is 4.74 Å². The number of nitrogens with one attached hydrogen (secondary N) is 1. The van der Waals surface area contributed by atoms with Crippen LogP contribution >= 0.6 is 15.9 Å². The number of rotatable bonds is 5. The second-order valence-corrected chi connectivity index (χ2v) is 5.74. The van der Waals surface area contributed by atoms with E-state index in [9.17, 15) is 0 Å². The highest BCUT2D eigenvalue weighted by molar-refractivity contribution is 9.10. The minimum absolute atomic E-state index is 0.763. The maximum atomic E-state index is 5.42. The summed E-state index contributed by atoms with van der Waals surface area (Å²) in [6.45, 7) is 5.03. The van der Waals surface area contributed by atoms with Crippen molar-refractivity contribution in [3.05, 3.63) is 57.6 Å². The van der Waals surface area contributed by atoms with Gasteiger partial charge in [-0.1, -0.05) is 40.5 Å². The first-order valence-electron chi connectivity index (χ1n) is 6.80. The quantitative estimate of drug-likeness (QED) is 0.836. The minimum Gasteiger partial charge on any atom is -0.496 e. The van der Waals surface area contributed by atoms with Crippen LogP contribution in [0.4, 0.5) is 5.69 Å². The lowest BCUT2D eigenvalue weighted by atomic mass is 10.1. The van der Waals surface area contributed by atoms with Crippen molar-refractivity contribution in [2.45, 2.75) is 26.8 Å². The van der Waals surface area contributed by atoms with Crippen LogP contribution in [0.2, 0.25) is 0 Å². The van der Waals surface area contributed by atoms with Gasteiger partial charge < -0.3 is 10.1 Å². The standard InChI is InChI=1S/C17H20BrNO/c1-4-13-10-15(18)6-7-16(13)19-11-14-9-12(2)5-8-17(14)20-3/h5-10,19H,4,11H2,1-3H3. The van der Waals surface area contributed by atoms with E-state index >= 15 is 0 Å². The molecule has 0 saturated heterocycles. The summed E-state index contributed by atoms with van der Waals surface area (Å²) in [5.74, 6) is 0.929. The van der Waals surface area contributed by atoms with Gasteiger partial charge in [0, 0.05) is 22.3 Å². The fourth-order valence-corrected chi connectivity index (χ4v) is 2.67. The Labute approximate surface area is 129 Å². The van der Waals surface area contributed by atoms with E-state index in [2.05, 4.69) is 65.4 Å². The molecule has 106 valence electrons. The van der Waals surface area contributed by atoms with Crippen LogP contribution in [0.5, 0.6) is 5.75 Å². The number of hydrogen-bond donors (Lipinski definition) is 1. The molecule has 0 aliphatic rings. The average molecular weight is 334 g/mol. The van der Waals surface area contributed by atoms with Crippen molar-refractivity contribution in [3.63, 3.8) is 0 Å². The molecule has 0 aliphatic carbocycles. The zero-order chi connectivity index (χ0) is 14.5. The first-order chi connectivity index (χ1) is 9.63. The van der Waals surface area contributed by atoms with Gasteiger partial charge in [-0.05, 0) is 43.2 Å². The Balaban J connectivity index is 2.18. The monoisotopic (exact) mass is 333 g/mol. The SMILES string of the molecule is CCc1cc(Br)ccc1NCc1cc(C)ccc1OC. The summed E-state index contributed by atoms with van der Waals surface area (Å²) < 4.78 is 6.54. The summed E-state index contributed by atoms with van der Waals surface area (Å²) >= 11 is 3.52. The first kappa shape index (κ1) is 14.9. The zero-order valence-corrected chi connectivity index (χ0v) is 13.8. The third kappa shape index (κ3) is 3.54. The number of methoxy groups -OCH3 is 1. The molecular weight excluding hydrogens is 314 g/mol. The molecule has 2 aromatic rings. The van der Waals surface area contributed by atoms with E-state index in [1.807, 2.05) is 6.07 Å². The van der Waals surface area contributed by atoms with Gasteiger partial charge in [0.15, 0.2) is 0 Å². The van der Waals surface area contributed by atoms with Crippen LogP contribution < -0.4 is 10.1 Å². The van der Waals surface area contributed by atoms with Crippen molar-refractivity contribution < 1.29 is 4.74 Å². The summed E-state index contributed by atoms with van der Waals surface area (Å²) in [5.41, 5.74) is 4.91. The van der Waals surface area contributed by atoms with Gasteiger partial charge in [-0.25, -0.2) is 0 Å². The molecule has 0 saturated carbocycles. The summed E-state index contributed by atoms with van der Waals surface area (Å²) in [6.07, 6.45) is 1.01. The smallest absolute Gasteiger partial charge is 0.123 e. The maximum Gasteiger partial charge on any atom is 0.123 e. The van der Waals surface area contributed by atoms with Gasteiger partial charge in [0.2, 0.25) is 0 Å². The van der Waals surface area contributed by atoms with E-state index in [0.717, 1.165) is 23.2 Å². The van der Waals surface area contributed by atoms with Gasteiger partial charge in [-0.15, -0.1) is 0 Å². The van der Waals surface area contributed by atoms with E-state index in [1.165, 1.54) is 22.4 Å². The molecule has 2 nitrogen and oxygen atoms in total. The number of benzene rings is 2. The summed E-state index contributed by atoms with van der Waals surface area (Å²) in [6, 6.07) is 12.6. The van der Waals surface area contributed by atoms with Gasteiger partial charge >= 0.3 is 0 Å². The molecule has 0 heterocycles. The zero-order valence-electron chi connectivity index (χ0n) is 12.2. The van der Waals surface area contributed by atoms with Crippen LogP contribution in [0.1, 0.15) is 23.6 Å². The molecule has 0 aliphatic heterocycles. The molecule has 0 amide bonds. The van der Waals surface area contributed by atoms with Crippen molar-refractivity contribution in [1.29, 1.82) is 0 Å². The van der Waals surface area contributed by atoms with Gasteiger partial charge in [-0.2, -0.15) is 0 Å². The molecule has 3 heteroatoms. The molecular formula is C17H20BrNO. The normalized spacial score (nSPS) is 10.4. The highest BCUT2D eigenvalue weighted by Crippen LogP contribution is 2.24. The number of ether oxygens (including phenoxy) is 1. The summed E-state index contributed by atoms with van der Waals surface area (Å²) in [4.78, 5) is 0. The summed E-state index contributed by atoms with van der Waals surface area (Å²) in [5, 5.41) is 3.51. The lowest BCUT2D eigenvalue weighted by Gasteiger charge is -2.14. The second kappa shape index (κ2) is 6.80. The van der Waals surface area contributed by atoms with Gasteiger partial charge in [0.1, 0.15) is 5.75 Å². The number of halogens is 1. The first-order valence-corrected chi connectivity index (χ1v) is 7.59. The van der Waals surface area contributed by atoms with Crippen LogP contribution in [0.15, 0.2) is 40.9 Å². The van der Waals surface area contributed by atoms with Crippen LogP contribution in [0.3, 0.4) is 0 Å². The fraction of sp³-hybridized carbons (Fsp3) is 0.294. The Morgan fingerprint density at radius 1 is 1.10 bits per heavy atom. The molecule has 20 heavy (non-hydrogen) atoms. The third-order valence-corrected chi connectivity index (χ3v) is 3.85. The average Bonchev–Trinajstić information content (AvgIpc) is 2.46. The predicted molar refractivity (Wildman–Crippen MR) is 88.6 cm³/mol. The second-order valence-electron chi connectivity index (χ2n) is 4.82. The Morgan fingerprint density at radius 3 is 2.60 bits per heavy atom. The van der Waals surface area contributed by atoms with Gasteiger partial charge in [0.25, 0.3) is 0 Å². The van der Waals surface area contributed by atoms with E-state index in [1.54, 1.807) is 7.11 Å². The van der Waals surface area contributed by atoms with Crippen molar-refractivity contribution in [2.24, 2.45) is 0 Å². The molecule has 0 radical (unpaired) electrons. The van der Waals surface area contributed by atoms with Crippen LogP contribution in [0, 0.1) is 6.92 Å². The Bertz CT molecular complexity index is 596. The Hall–Kier alpha value is -1.48. The Kier molecular flexibility index (Phi) is 5.07. The molecule has 2 aromatic carbocycles. The molecule has 0 aromatic heterocycles. The lowest BCUT2D eigenvalue weighted by molar-refractivity contribution is 0.410. The van der Waals surface area contributed by atoms with Crippen LogP contribution in [-0.4, -0.2) is 7.11 Å². The largest absolute Gasteiger partial charge is 0.496 e. The summed E-state index contributed by atoms with van der Waals surface area (Å²) in [7, 11) is 1.71. The van der Waals surface area contributed by atoms with E-state index < -0.39 is 0 Å². The predicted octanol–water partition coefficient (Wildman–Crippen LogP) is 4.94. The van der Waals surface area contributed by atoms with Crippen LogP contribution in [0.25, 0.3) is 0 Å². The lowest BCUT2D eigenvalue weighted by Crippen LogP contribution is -2.04. The van der Waals surface area contributed by atoms with Crippen LogP contribution in [-0.2, 0) is 13.0 Å². The van der Waals surface area contributed by atoms with Gasteiger partial charge in [-0.3, -0.25) is 0 Å². The highest BCUT2D eigenvalue weighted by atomic mass is 79.9. The molecule has 0 atom stereocenters. The molecule has 0 spiro atoms. The van der Waals surface area contributed by atoms with Crippen molar-refractivity contribution >= 4 is 21.6 Å². The molecule has 1 N–H and O–H groups in total. The molecule has 0 unspecified atom stereocenters. The number of hydrogen-bond acceptors (Lipinski definition) is 2. The maximum absolute atomic E-state index is 5.42. The molecule has 0 bridgehead atoms. The van der Waals surface area contributed by atoms with Gasteiger partial charge in [0.05, 0.1) is 7.11 Å². The minimum atomic E-state index is 0.763. The molecule has 2 rings (SSSR count). The highest BCUT2D eigenvalue weighted by Gasteiger charge is 2.05. The van der Waals surface area contributed by atoms with Crippen molar-refractivity contribution in [2.75, 3.05) is 12.4 Å². The number of aryl methyl sites for hydroxylation is 2. The fourth-order valence-electron chi connectivity index (χ4n) is 2.26. The number of anilines is 1. The van der Waals surface area contributed by atoms with E-state index in [0.29, 0.717) is 0 Å².